The molecule has 0 unspecified atom stereocenters. The Balaban J connectivity index is 1.83. The van der Waals surface area contributed by atoms with Crippen molar-refractivity contribution in [3.63, 3.8) is 0 Å². The summed E-state index contributed by atoms with van der Waals surface area (Å²) in [6.07, 6.45) is 1.49. The second-order valence-electron chi connectivity index (χ2n) is 4.31. The number of halogens is 1. The minimum atomic E-state index is -0.320. The van der Waals surface area contributed by atoms with Gasteiger partial charge in [-0.25, -0.2) is 0 Å². The summed E-state index contributed by atoms with van der Waals surface area (Å²) in [5.74, 6) is 0.359. The predicted octanol–water partition coefficient (Wildman–Crippen LogP) is 3.34. The highest BCUT2D eigenvalue weighted by atomic mass is 35.5. The number of para-hydroxylation sites is 1. The average Bonchev–Trinajstić information content (AvgIpc) is 2.52. The predicted molar refractivity (Wildman–Crippen MR) is 86.6 cm³/mol. The van der Waals surface area contributed by atoms with Gasteiger partial charge in [-0.15, -0.1) is 0 Å². The van der Waals surface area contributed by atoms with Crippen LogP contribution >= 0.6 is 11.6 Å². The van der Waals surface area contributed by atoms with Crippen LogP contribution < -0.4 is 10.1 Å². The molecule has 0 fully saturated rings. The molecule has 2 aromatic carbocycles. The Morgan fingerprint density at radius 1 is 1.27 bits per heavy atom. The summed E-state index contributed by atoms with van der Waals surface area (Å²) in [6.45, 7) is -0.196. The van der Waals surface area contributed by atoms with E-state index in [1.54, 1.807) is 31.4 Å². The van der Waals surface area contributed by atoms with Crippen molar-refractivity contribution in [1.29, 1.82) is 0 Å². The van der Waals surface area contributed by atoms with E-state index in [4.69, 9.17) is 21.2 Å². The highest BCUT2D eigenvalue weighted by Gasteiger charge is 2.03. The number of benzene rings is 2. The Morgan fingerprint density at radius 3 is 2.86 bits per heavy atom. The highest BCUT2D eigenvalue weighted by Crippen LogP contribution is 2.15. The zero-order valence-corrected chi connectivity index (χ0v) is 12.7. The number of oxime groups is 1. The fourth-order valence-electron chi connectivity index (χ4n) is 1.73. The van der Waals surface area contributed by atoms with Crippen molar-refractivity contribution >= 4 is 29.4 Å². The lowest BCUT2D eigenvalue weighted by molar-refractivity contribution is -0.120. The van der Waals surface area contributed by atoms with E-state index in [-0.39, 0.29) is 12.5 Å². The number of ether oxygens (including phenoxy) is 1. The van der Waals surface area contributed by atoms with E-state index in [0.29, 0.717) is 16.5 Å². The zero-order chi connectivity index (χ0) is 15.8. The molecule has 0 atom stereocenters. The number of methoxy groups -OCH3 is 1. The van der Waals surface area contributed by atoms with Gasteiger partial charge in [0.15, 0.2) is 6.61 Å². The number of carbonyl (C=O) groups is 1. The van der Waals surface area contributed by atoms with E-state index < -0.39 is 0 Å². The Morgan fingerprint density at radius 2 is 2.09 bits per heavy atom. The van der Waals surface area contributed by atoms with Gasteiger partial charge in [0.2, 0.25) is 0 Å². The van der Waals surface area contributed by atoms with Gasteiger partial charge in [0.05, 0.1) is 13.3 Å². The lowest BCUT2D eigenvalue weighted by atomic mass is 10.2. The van der Waals surface area contributed by atoms with Crippen LogP contribution in [0.1, 0.15) is 5.56 Å². The largest absolute Gasteiger partial charge is 0.496 e. The third-order valence-electron chi connectivity index (χ3n) is 2.71. The number of hydrogen-bond donors (Lipinski definition) is 1. The third kappa shape index (κ3) is 4.79. The van der Waals surface area contributed by atoms with Crippen molar-refractivity contribution < 1.29 is 14.4 Å². The van der Waals surface area contributed by atoms with E-state index in [1.807, 2.05) is 24.3 Å². The number of amides is 1. The van der Waals surface area contributed by atoms with E-state index >= 15 is 0 Å². The SMILES string of the molecule is COc1ccccc1/C=N\OCC(=O)Nc1cccc(Cl)c1. The molecular formula is C16H15ClN2O3. The minimum absolute atomic E-state index is 0.196. The fraction of sp³-hybridized carbons (Fsp3) is 0.125. The topological polar surface area (TPSA) is 59.9 Å². The van der Waals surface area contributed by atoms with Crippen LogP contribution in [0.3, 0.4) is 0 Å². The molecule has 22 heavy (non-hydrogen) atoms. The molecule has 0 saturated carbocycles. The van der Waals surface area contributed by atoms with E-state index in [0.717, 1.165) is 5.56 Å². The molecule has 1 N–H and O–H groups in total. The van der Waals surface area contributed by atoms with Gasteiger partial charge in [-0.05, 0) is 30.3 Å². The molecule has 0 radical (unpaired) electrons. The quantitative estimate of drug-likeness (QED) is 0.656. The Labute approximate surface area is 133 Å². The van der Waals surface area contributed by atoms with E-state index in [1.165, 1.54) is 6.21 Å². The summed E-state index contributed by atoms with van der Waals surface area (Å²) in [6, 6.07) is 14.2. The molecule has 6 heteroatoms. The van der Waals surface area contributed by atoms with Crippen LogP contribution in [-0.2, 0) is 9.63 Å². The minimum Gasteiger partial charge on any atom is -0.496 e. The summed E-state index contributed by atoms with van der Waals surface area (Å²) in [7, 11) is 1.58. The summed E-state index contributed by atoms with van der Waals surface area (Å²) >= 11 is 5.83. The van der Waals surface area contributed by atoms with Crippen LogP contribution in [0.25, 0.3) is 0 Å². The zero-order valence-electron chi connectivity index (χ0n) is 12.0. The molecule has 0 aliphatic rings. The maximum absolute atomic E-state index is 11.7. The van der Waals surface area contributed by atoms with Crippen LogP contribution in [0.4, 0.5) is 5.69 Å². The Kier molecular flexibility index (Phi) is 5.80. The second-order valence-corrected chi connectivity index (χ2v) is 4.74. The Bertz CT molecular complexity index is 674. The number of carbonyl (C=O) groups excluding carboxylic acids is 1. The van der Waals surface area contributed by atoms with Crippen molar-refractivity contribution in [3.8, 4) is 5.75 Å². The number of nitrogens with zero attached hydrogens (tertiary/aromatic N) is 1. The molecule has 0 aromatic heterocycles. The molecule has 1 amide bonds. The van der Waals surface area contributed by atoms with Gasteiger partial charge in [0.1, 0.15) is 5.75 Å². The highest BCUT2D eigenvalue weighted by molar-refractivity contribution is 6.30. The molecule has 0 heterocycles. The van der Waals surface area contributed by atoms with Gasteiger partial charge in [-0.2, -0.15) is 0 Å². The lowest BCUT2D eigenvalue weighted by Crippen LogP contribution is -2.16. The first kappa shape index (κ1) is 15.9. The lowest BCUT2D eigenvalue weighted by Gasteiger charge is -2.05. The normalized spacial score (nSPS) is 10.5. The van der Waals surface area contributed by atoms with Gasteiger partial charge >= 0.3 is 0 Å². The molecule has 0 aliphatic carbocycles. The van der Waals surface area contributed by atoms with Gasteiger partial charge in [0.25, 0.3) is 5.91 Å². The standard InChI is InChI=1S/C16H15ClN2O3/c1-21-15-8-3-2-5-12(15)10-18-22-11-16(20)19-14-7-4-6-13(17)9-14/h2-10H,11H2,1H3,(H,19,20)/b18-10-. The summed E-state index contributed by atoms with van der Waals surface area (Å²) in [5, 5.41) is 6.96. The monoisotopic (exact) mass is 318 g/mol. The van der Waals surface area contributed by atoms with Crippen LogP contribution in [0.5, 0.6) is 5.75 Å². The average molecular weight is 319 g/mol. The third-order valence-corrected chi connectivity index (χ3v) is 2.94. The second kappa shape index (κ2) is 8.05. The molecule has 2 aromatic rings. The summed E-state index contributed by atoms with van der Waals surface area (Å²) in [4.78, 5) is 16.7. The smallest absolute Gasteiger partial charge is 0.265 e. The van der Waals surface area contributed by atoms with Gasteiger partial charge < -0.3 is 14.9 Å². The molecular weight excluding hydrogens is 304 g/mol. The van der Waals surface area contributed by atoms with E-state index in [2.05, 4.69) is 10.5 Å². The van der Waals surface area contributed by atoms with Gasteiger partial charge in [-0.3, -0.25) is 4.79 Å². The van der Waals surface area contributed by atoms with Crippen molar-refractivity contribution in [2.24, 2.45) is 5.16 Å². The van der Waals surface area contributed by atoms with Crippen LogP contribution in [0.15, 0.2) is 53.7 Å². The van der Waals surface area contributed by atoms with Gasteiger partial charge in [-0.1, -0.05) is 35.0 Å². The van der Waals surface area contributed by atoms with Crippen LogP contribution in [-0.4, -0.2) is 25.8 Å². The molecule has 0 spiro atoms. The molecule has 0 aliphatic heterocycles. The van der Waals surface area contributed by atoms with Crippen LogP contribution in [0.2, 0.25) is 5.02 Å². The van der Waals surface area contributed by atoms with Crippen molar-refractivity contribution in [2.75, 3.05) is 19.0 Å². The Hall–Kier alpha value is -2.53. The molecule has 5 nitrogen and oxygen atoms in total. The first-order chi connectivity index (χ1) is 10.7. The summed E-state index contributed by atoms with van der Waals surface area (Å²) < 4.78 is 5.18. The molecule has 114 valence electrons. The number of anilines is 1. The van der Waals surface area contributed by atoms with E-state index in [9.17, 15) is 4.79 Å². The van der Waals surface area contributed by atoms with Crippen molar-refractivity contribution in [3.05, 3.63) is 59.1 Å². The molecule has 2 rings (SSSR count). The summed E-state index contributed by atoms with van der Waals surface area (Å²) in [5.41, 5.74) is 1.37. The first-order valence-electron chi connectivity index (χ1n) is 6.53. The number of rotatable bonds is 6. The molecule has 0 bridgehead atoms. The number of nitrogens with one attached hydrogen (secondary N) is 1. The molecule has 0 saturated heterocycles. The van der Waals surface area contributed by atoms with Crippen molar-refractivity contribution in [2.45, 2.75) is 0 Å². The number of hydrogen-bond acceptors (Lipinski definition) is 4. The van der Waals surface area contributed by atoms with Crippen LogP contribution in [0, 0.1) is 0 Å². The van der Waals surface area contributed by atoms with Gasteiger partial charge in [0, 0.05) is 16.3 Å². The maximum atomic E-state index is 11.7. The maximum Gasteiger partial charge on any atom is 0.265 e. The first-order valence-corrected chi connectivity index (χ1v) is 6.90. The fourth-order valence-corrected chi connectivity index (χ4v) is 1.92. The van der Waals surface area contributed by atoms with Crippen molar-refractivity contribution in [1.82, 2.24) is 0 Å².